The quantitative estimate of drug-likeness (QED) is 0.774. The van der Waals surface area contributed by atoms with Gasteiger partial charge in [0.2, 0.25) is 5.91 Å². The van der Waals surface area contributed by atoms with E-state index in [1.165, 1.54) is 0 Å². The van der Waals surface area contributed by atoms with E-state index in [0.717, 1.165) is 38.6 Å². The number of likely N-dealkylation sites (N-methyl/N-ethyl adjacent to an activating group) is 1. The van der Waals surface area contributed by atoms with Gasteiger partial charge in [-0.2, -0.15) is 0 Å². The summed E-state index contributed by atoms with van der Waals surface area (Å²) in [5.74, 6) is 0.158. The summed E-state index contributed by atoms with van der Waals surface area (Å²) in [5, 5.41) is 3.09. The summed E-state index contributed by atoms with van der Waals surface area (Å²) in [6, 6.07) is 1.09. The van der Waals surface area contributed by atoms with Crippen LogP contribution in [0.5, 0.6) is 0 Å². The molecule has 0 aromatic rings. The molecule has 0 bridgehead atoms. The van der Waals surface area contributed by atoms with Crippen LogP contribution in [-0.4, -0.2) is 41.5 Å². The molecule has 0 saturated heterocycles. The van der Waals surface area contributed by atoms with Crippen LogP contribution in [0.1, 0.15) is 59.8 Å². The molecule has 4 heteroatoms. The van der Waals surface area contributed by atoms with E-state index in [-0.39, 0.29) is 18.0 Å². The summed E-state index contributed by atoms with van der Waals surface area (Å²) in [6.07, 6.45) is 5.39. The Kier molecular flexibility index (Phi) is 6.80. The molecule has 2 unspecified atom stereocenters. The molecule has 0 aliphatic heterocycles. The van der Waals surface area contributed by atoms with Gasteiger partial charge in [-0.3, -0.25) is 9.69 Å². The van der Waals surface area contributed by atoms with Crippen molar-refractivity contribution in [1.82, 2.24) is 10.2 Å². The summed E-state index contributed by atoms with van der Waals surface area (Å²) >= 11 is 0. The summed E-state index contributed by atoms with van der Waals surface area (Å²) < 4.78 is 0. The maximum atomic E-state index is 12.2. The van der Waals surface area contributed by atoms with Crippen LogP contribution in [0.2, 0.25) is 0 Å². The molecule has 112 valence electrons. The van der Waals surface area contributed by atoms with E-state index in [1.807, 2.05) is 6.92 Å². The highest BCUT2D eigenvalue weighted by atomic mass is 16.2. The third-order valence-corrected chi connectivity index (χ3v) is 4.45. The van der Waals surface area contributed by atoms with Gasteiger partial charge in [0.05, 0.1) is 6.04 Å². The predicted octanol–water partition coefficient (Wildman–Crippen LogP) is 1.88. The van der Waals surface area contributed by atoms with Crippen molar-refractivity contribution >= 4 is 5.91 Å². The molecule has 3 N–H and O–H groups in total. The molecule has 19 heavy (non-hydrogen) atoms. The second kappa shape index (κ2) is 7.85. The largest absolute Gasteiger partial charge is 0.352 e. The molecule has 0 aromatic heterocycles. The first-order valence-electron chi connectivity index (χ1n) is 7.81. The maximum Gasteiger partial charge on any atom is 0.237 e. The number of nitrogens with one attached hydrogen (secondary N) is 1. The fourth-order valence-corrected chi connectivity index (χ4v) is 2.90. The van der Waals surface area contributed by atoms with E-state index in [2.05, 4.69) is 31.0 Å². The van der Waals surface area contributed by atoms with Gasteiger partial charge in [0.1, 0.15) is 0 Å². The lowest BCUT2D eigenvalue weighted by atomic mass is 9.90. The molecular weight excluding hydrogens is 238 g/mol. The lowest BCUT2D eigenvalue weighted by molar-refractivity contribution is -0.127. The van der Waals surface area contributed by atoms with Gasteiger partial charge < -0.3 is 11.1 Å². The Morgan fingerprint density at radius 2 is 1.84 bits per heavy atom. The minimum absolute atomic E-state index is 0.0432. The Morgan fingerprint density at radius 3 is 2.32 bits per heavy atom. The molecule has 1 aliphatic carbocycles. The van der Waals surface area contributed by atoms with Gasteiger partial charge in [0, 0.05) is 18.1 Å². The van der Waals surface area contributed by atoms with Crippen molar-refractivity contribution in [3.63, 3.8) is 0 Å². The maximum absolute atomic E-state index is 12.2. The highest BCUT2D eigenvalue weighted by Crippen LogP contribution is 2.23. The minimum atomic E-state index is -0.0432. The van der Waals surface area contributed by atoms with Crippen LogP contribution in [0.3, 0.4) is 0 Å². The summed E-state index contributed by atoms with van der Waals surface area (Å²) in [5.41, 5.74) is 5.96. The molecule has 0 aromatic carbocycles. The van der Waals surface area contributed by atoms with E-state index in [1.54, 1.807) is 0 Å². The van der Waals surface area contributed by atoms with Crippen molar-refractivity contribution in [1.29, 1.82) is 0 Å². The lowest BCUT2D eigenvalue weighted by Gasteiger charge is -2.38. The van der Waals surface area contributed by atoms with E-state index in [9.17, 15) is 4.79 Å². The Balaban J connectivity index is 2.55. The van der Waals surface area contributed by atoms with E-state index in [4.69, 9.17) is 5.73 Å². The molecule has 1 rings (SSSR count). The third kappa shape index (κ3) is 4.77. The van der Waals surface area contributed by atoms with Crippen LogP contribution in [0.15, 0.2) is 0 Å². The molecule has 1 amide bonds. The van der Waals surface area contributed by atoms with Crippen molar-refractivity contribution in [2.24, 2.45) is 5.73 Å². The average Bonchev–Trinajstić information content (AvgIpc) is 2.41. The Hall–Kier alpha value is -0.610. The summed E-state index contributed by atoms with van der Waals surface area (Å²) in [6.45, 7) is 9.24. The van der Waals surface area contributed by atoms with Crippen molar-refractivity contribution in [2.45, 2.75) is 84.0 Å². The molecule has 4 nitrogen and oxygen atoms in total. The monoisotopic (exact) mass is 269 g/mol. The second-order valence-corrected chi connectivity index (χ2v) is 5.89. The van der Waals surface area contributed by atoms with Crippen LogP contribution in [0, 0.1) is 0 Å². The number of carbonyl (C=O) groups is 1. The highest BCUT2D eigenvalue weighted by molar-refractivity contribution is 5.81. The molecule has 2 atom stereocenters. The molecule has 1 saturated carbocycles. The topological polar surface area (TPSA) is 58.4 Å². The standard InChI is InChI=1S/C15H31N3O/c1-5-11(3)17-15(19)12(4)18(6-2)14-9-7-13(16)8-10-14/h11-14H,5-10,16H2,1-4H3,(H,17,19). The first-order valence-corrected chi connectivity index (χ1v) is 7.81. The van der Waals surface area contributed by atoms with Gasteiger partial charge >= 0.3 is 0 Å². The van der Waals surface area contributed by atoms with Crippen LogP contribution >= 0.6 is 0 Å². The molecule has 1 aliphatic rings. The van der Waals surface area contributed by atoms with Gasteiger partial charge in [-0.25, -0.2) is 0 Å². The smallest absolute Gasteiger partial charge is 0.237 e. The highest BCUT2D eigenvalue weighted by Gasteiger charge is 2.29. The molecular formula is C15H31N3O. The van der Waals surface area contributed by atoms with Gasteiger partial charge in [-0.1, -0.05) is 13.8 Å². The zero-order valence-corrected chi connectivity index (χ0v) is 13.0. The molecule has 1 fully saturated rings. The zero-order chi connectivity index (χ0) is 14.4. The van der Waals surface area contributed by atoms with Gasteiger partial charge in [0.15, 0.2) is 0 Å². The van der Waals surface area contributed by atoms with Gasteiger partial charge in [-0.05, 0) is 52.5 Å². The van der Waals surface area contributed by atoms with Crippen LogP contribution in [0.25, 0.3) is 0 Å². The van der Waals surface area contributed by atoms with E-state index >= 15 is 0 Å². The third-order valence-electron chi connectivity index (χ3n) is 4.45. The van der Waals surface area contributed by atoms with Gasteiger partial charge in [0.25, 0.3) is 0 Å². The number of hydrogen-bond acceptors (Lipinski definition) is 3. The van der Waals surface area contributed by atoms with E-state index < -0.39 is 0 Å². The van der Waals surface area contributed by atoms with Crippen LogP contribution in [-0.2, 0) is 4.79 Å². The van der Waals surface area contributed by atoms with Crippen molar-refractivity contribution < 1.29 is 4.79 Å². The number of carbonyl (C=O) groups excluding carboxylic acids is 1. The average molecular weight is 269 g/mol. The first-order chi connectivity index (χ1) is 8.99. The normalized spacial score (nSPS) is 27.1. The molecule has 0 heterocycles. The first kappa shape index (κ1) is 16.4. The van der Waals surface area contributed by atoms with E-state index in [0.29, 0.717) is 12.1 Å². The summed E-state index contributed by atoms with van der Waals surface area (Å²) in [4.78, 5) is 14.6. The minimum Gasteiger partial charge on any atom is -0.352 e. The molecule has 0 spiro atoms. The Bertz CT molecular complexity index is 275. The van der Waals surface area contributed by atoms with Crippen molar-refractivity contribution in [3.8, 4) is 0 Å². The Labute approximate surface area is 118 Å². The van der Waals surface area contributed by atoms with Crippen molar-refractivity contribution in [3.05, 3.63) is 0 Å². The zero-order valence-electron chi connectivity index (χ0n) is 13.0. The number of rotatable bonds is 6. The lowest BCUT2D eigenvalue weighted by Crippen LogP contribution is -2.52. The number of amides is 1. The fourth-order valence-electron chi connectivity index (χ4n) is 2.90. The van der Waals surface area contributed by atoms with Gasteiger partial charge in [-0.15, -0.1) is 0 Å². The van der Waals surface area contributed by atoms with Crippen LogP contribution in [0.4, 0.5) is 0 Å². The summed E-state index contributed by atoms with van der Waals surface area (Å²) in [7, 11) is 0. The second-order valence-electron chi connectivity index (χ2n) is 5.89. The van der Waals surface area contributed by atoms with Crippen LogP contribution < -0.4 is 11.1 Å². The number of hydrogen-bond donors (Lipinski definition) is 2. The predicted molar refractivity (Wildman–Crippen MR) is 80.0 cm³/mol. The number of nitrogens with zero attached hydrogens (tertiary/aromatic N) is 1. The SMILES string of the molecule is CCC(C)NC(=O)C(C)N(CC)C1CCC(N)CC1. The fraction of sp³-hybridized carbons (Fsp3) is 0.933. The number of nitrogens with two attached hydrogens (primary N) is 1. The Morgan fingerprint density at radius 1 is 1.26 bits per heavy atom. The van der Waals surface area contributed by atoms with Crippen molar-refractivity contribution in [2.75, 3.05) is 6.54 Å². The molecule has 0 radical (unpaired) electrons.